The van der Waals surface area contributed by atoms with Gasteiger partial charge in [-0.25, -0.2) is 4.79 Å². The highest BCUT2D eigenvalue weighted by molar-refractivity contribution is 5.74. The molecule has 0 aromatic carbocycles. The van der Waals surface area contributed by atoms with Crippen molar-refractivity contribution in [3.8, 4) is 0 Å². The monoisotopic (exact) mass is 290 g/mol. The van der Waals surface area contributed by atoms with E-state index in [-0.39, 0.29) is 17.5 Å². The van der Waals surface area contributed by atoms with Gasteiger partial charge in [0.25, 0.3) is 0 Å². The van der Waals surface area contributed by atoms with Gasteiger partial charge < -0.3 is 15.4 Å². The minimum atomic E-state index is -0.0776. The molecule has 1 saturated heterocycles. The number of nitrogens with one attached hydrogen (secondary N) is 3. The normalized spacial score (nSPS) is 32.7. The molecule has 2 amide bonds. The molecule has 1 aliphatic heterocycles. The Morgan fingerprint density at radius 1 is 1.48 bits per heavy atom. The summed E-state index contributed by atoms with van der Waals surface area (Å²) in [4.78, 5) is 12.2. The van der Waals surface area contributed by atoms with Crippen LogP contribution in [0.1, 0.15) is 37.8 Å². The molecule has 3 aliphatic rings. The van der Waals surface area contributed by atoms with Crippen LogP contribution in [0.4, 0.5) is 4.79 Å². The number of aromatic amines is 1. The average Bonchev–Trinajstić information content (AvgIpc) is 3.22. The first kappa shape index (κ1) is 13.1. The second-order valence-corrected chi connectivity index (χ2v) is 6.57. The van der Waals surface area contributed by atoms with Crippen LogP contribution in [0.25, 0.3) is 0 Å². The SMILES string of the molecule is O=C(NCc1ccn[nH]1)N[C@H]1[C@@H]2CCO[C@@H]2C12CCCC2. The van der Waals surface area contributed by atoms with Crippen molar-refractivity contribution >= 4 is 6.03 Å². The fraction of sp³-hybridized carbons (Fsp3) is 0.733. The van der Waals surface area contributed by atoms with Crippen molar-refractivity contribution in [3.63, 3.8) is 0 Å². The number of carbonyl (C=O) groups is 1. The number of rotatable bonds is 3. The molecular formula is C15H22N4O2. The lowest BCUT2D eigenvalue weighted by molar-refractivity contribution is -0.126. The lowest BCUT2D eigenvalue weighted by atomic mass is 9.54. The Morgan fingerprint density at radius 2 is 2.33 bits per heavy atom. The fourth-order valence-electron chi connectivity index (χ4n) is 4.66. The molecule has 1 spiro atoms. The molecule has 2 saturated carbocycles. The number of carbonyl (C=O) groups excluding carboxylic acids is 1. The fourth-order valence-corrected chi connectivity index (χ4v) is 4.66. The van der Waals surface area contributed by atoms with Crippen molar-refractivity contribution in [3.05, 3.63) is 18.0 Å². The van der Waals surface area contributed by atoms with E-state index in [0.717, 1.165) is 18.7 Å². The second-order valence-electron chi connectivity index (χ2n) is 6.57. The van der Waals surface area contributed by atoms with E-state index in [1.807, 2.05) is 6.07 Å². The van der Waals surface area contributed by atoms with Crippen LogP contribution in [0.15, 0.2) is 12.3 Å². The van der Waals surface area contributed by atoms with Gasteiger partial charge in [0.05, 0.1) is 18.3 Å². The quantitative estimate of drug-likeness (QED) is 0.790. The van der Waals surface area contributed by atoms with E-state index in [1.165, 1.54) is 25.7 Å². The Morgan fingerprint density at radius 3 is 3.10 bits per heavy atom. The van der Waals surface area contributed by atoms with Crippen LogP contribution >= 0.6 is 0 Å². The Bertz CT molecular complexity index is 510. The van der Waals surface area contributed by atoms with E-state index in [4.69, 9.17) is 4.74 Å². The molecule has 0 radical (unpaired) electrons. The first-order chi connectivity index (χ1) is 10.3. The molecule has 3 atom stereocenters. The van der Waals surface area contributed by atoms with Gasteiger partial charge in [-0.05, 0) is 25.3 Å². The van der Waals surface area contributed by atoms with Gasteiger partial charge in [-0.2, -0.15) is 5.10 Å². The van der Waals surface area contributed by atoms with E-state index < -0.39 is 0 Å². The summed E-state index contributed by atoms with van der Waals surface area (Å²) < 4.78 is 5.94. The average molecular weight is 290 g/mol. The van der Waals surface area contributed by atoms with Crippen molar-refractivity contribution < 1.29 is 9.53 Å². The number of nitrogens with zero attached hydrogens (tertiary/aromatic N) is 1. The van der Waals surface area contributed by atoms with Crippen molar-refractivity contribution in [1.82, 2.24) is 20.8 Å². The van der Waals surface area contributed by atoms with Crippen molar-refractivity contribution in [2.24, 2.45) is 11.3 Å². The topological polar surface area (TPSA) is 79.0 Å². The van der Waals surface area contributed by atoms with Crippen LogP contribution in [0.5, 0.6) is 0 Å². The summed E-state index contributed by atoms with van der Waals surface area (Å²) in [7, 11) is 0. The standard InChI is InChI=1S/C15H22N4O2/c20-14(16-9-10-3-7-17-19-10)18-12-11-4-8-21-13(11)15(12)5-1-2-6-15/h3,7,11-13H,1-2,4-6,8-9H2,(H,17,19)(H2,16,18,20)/t11-,12-,13-/m0/s1. The maximum absolute atomic E-state index is 12.2. The third kappa shape index (κ3) is 2.04. The molecule has 0 bridgehead atoms. The van der Waals surface area contributed by atoms with E-state index >= 15 is 0 Å². The number of H-pyrrole nitrogens is 1. The van der Waals surface area contributed by atoms with Gasteiger partial charge in [0.15, 0.2) is 0 Å². The minimum Gasteiger partial charge on any atom is -0.377 e. The summed E-state index contributed by atoms with van der Waals surface area (Å²) in [6, 6.07) is 2.07. The predicted octanol–water partition coefficient (Wildman–Crippen LogP) is 1.56. The van der Waals surface area contributed by atoms with Gasteiger partial charge in [-0.15, -0.1) is 0 Å². The molecule has 21 heavy (non-hydrogen) atoms. The van der Waals surface area contributed by atoms with Crippen LogP contribution in [0.3, 0.4) is 0 Å². The van der Waals surface area contributed by atoms with E-state index in [0.29, 0.717) is 18.6 Å². The summed E-state index contributed by atoms with van der Waals surface area (Å²) in [6.07, 6.45) is 8.07. The third-order valence-corrected chi connectivity index (χ3v) is 5.57. The van der Waals surface area contributed by atoms with Crippen LogP contribution in [0.2, 0.25) is 0 Å². The Labute approximate surface area is 124 Å². The molecule has 1 aromatic heterocycles. The summed E-state index contributed by atoms with van der Waals surface area (Å²) in [5.41, 5.74) is 1.13. The lowest BCUT2D eigenvalue weighted by Gasteiger charge is -2.56. The zero-order valence-corrected chi connectivity index (χ0v) is 12.1. The molecule has 6 heteroatoms. The number of ether oxygens (including phenoxy) is 1. The number of hydrogen-bond donors (Lipinski definition) is 3. The number of amides is 2. The van der Waals surface area contributed by atoms with Gasteiger partial charge in [0.1, 0.15) is 0 Å². The molecule has 0 unspecified atom stereocenters. The predicted molar refractivity (Wildman–Crippen MR) is 76.5 cm³/mol. The van der Waals surface area contributed by atoms with Crippen LogP contribution in [-0.4, -0.2) is 35.0 Å². The highest BCUT2D eigenvalue weighted by atomic mass is 16.5. The largest absolute Gasteiger partial charge is 0.377 e. The van der Waals surface area contributed by atoms with E-state index in [9.17, 15) is 4.79 Å². The first-order valence-corrected chi connectivity index (χ1v) is 7.94. The Kier molecular flexibility index (Phi) is 3.14. The highest BCUT2D eigenvalue weighted by Crippen LogP contribution is 2.60. The van der Waals surface area contributed by atoms with Gasteiger partial charge in [0.2, 0.25) is 0 Å². The molecule has 4 rings (SSSR count). The van der Waals surface area contributed by atoms with Gasteiger partial charge >= 0.3 is 6.03 Å². The molecule has 3 fully saturated rings. The molecule has 114 valence electrons. The molecule has 1 aromatic rings. The van der Waals surface area contributed by atoms with Gasteiger partial charge in [-0.3, -0.25) is 5.10 Å². The van der Waals surface area contributed by atoms with Crippen LogP contribution < -0.4 is 10.6 Å². The smallest absolute Gasteiger partial charge is 0.315 e. The maximum atomic E-state index is 12.2. The molecule has 6 nitrogen and oxygen atoms in total. The highest BCUT2D eigenvalue weighted by Gasteiger charge is 2.65. The Hall–Kier alpha value is -1.56. The number of urea groups is 1. The summed E-state index contributed by atoms with van der Waals surface area (Å²) in [5.74, 6) is 0.515. The van der Waals surface area contributed by atoms with Crippen LogP contribution in [0, 0.1) is 11.3 Å². The van der Waals surface area contributed by atoms with E-state index in [1.54, 1.807) is 6.20 Å². The zero-order chi connectivity index (χ0) is 14.3. The summed E-state index contributed by atoms with van der Waals surface area (Å²) in [5, 5.41) is 12.9. The lowest BCUT2D eigenvalue weighted by Crippen LogP contribution is -2.69. The van der Waals surface area contributed by atoms with Gasteiger partial charge in [0, 0.05) is 30.2 Å². The molecular weight excluding hydrogens is 268 g/mol. The molecule has 3 N–H and O–H groups in total. The first-order valence-electron chi connectivity index (χ1n) is 7.94. The zero-order valence-electron chi connectivity index (χ0n) is 12.1. The Balaban J connectivity index is 1.38. The van der Waals surface area contributed by atoms with Gasteiger partial charge in [-0.1, -0.05) is 12.8 Å². The summed E-state index contributed by atoms with van der Waals surface area (Å²) in [6.45, 7) is 1.33. The van der Waals surface area contributed by atoms with Crippen molar-refractivity contribution in [2.75, 3.05) is 6.61 Å². The minimum absolute atomic E-state index is 0.0776. The molecule has 2 aliphatic carbocycles. The third-order valence-electron chi connectivity index (χ3n) is 5.57. The van der Waals surface area contributed by atoms with E-state index in [2.05, 4.69) is 20.8 Å². The number of hydrogen-bond acceptors (Lipinski definition) is 3. The second kappa shape index (κ2) is 5.02. The van der Waals surface area contributed by atoms with Crippen LogP contribution in [-0.2, 0) is 11.3 Å². The number of aromatic nitrogens is 2. The summed E-state index contributed by atoms with van der Waals surface area (Å²) >= 11 is 0. The van der Waals surface area contributed by atoms with Crippen molar-refractivity contribution in [2.45, 2.75) is 50.8 Å². The molecule has 2 heterocycles. The van der Waals surface area contributed by atoms with Crippen molar-refractivity contribution in [1.29, 1.82) is 0 Å². The number of fused-ring (bicyclic) bond motifs is 2. The maximum Gasteiger partial charge on any atom is 0.315 e.